The van der Waals surface area contributed by atoms with E-state index in [1.165, 1.54) is 5.56 Å². The third-order valence-corrected chi connectivity index (χ3v) is 6.57. The van der Waals surface area contributed by atoms with E-state index < -0.39 is 10.0 Å². The lowest BCUT2D eigenvalue weighted by molar-refractivity contribution is 0.00733. The standard InChI is InChI=1S/C23H32N2O4S/c1-3-18-10-7-15-25(23(18)26)21(16-24-30(2,27)28)17-29-22-13-11-20(12-14-22)19-8-5-4-6-9-19/h4-10,15,20-22,24H,3,11-14,16-17H2,1-2H3/t20?,21-,22?/m0/s1. The molecule has 3 rings (SSSR count). The van der Waals surface area contributed by atoms with Crippen LogP contribution in [0.3, 0.4) is 0 Å². The number of pyridine rings is 1. The highest BCUT2D eigenvalue weighted by Crippen LogP contribution is 2.34. The van der Waals surface area contributed by atoms with Gasteiger partial charge in [-0.15, -0.1) is 0 Å². The van der Waals surface area contributed by atoms with Crippen molar-refractivity contribution in [1.29, 1.82) is 0 Å². The van der Waals surface area contributed by atoms with Gasteiger partial charge < -0.3 is 9.30 Å². The zero-order chi connectivity index (χ0) is 21.6. The van der Waals surface area contributed by atoms with Crippen molar-refractivity contribution in [3.63, 3.8) is 0 Å². The van der Waals surface area contributed by atoms with Gasteiger partial charge in [-0.05, 0) is 49.7 Å². The molecule has 0 bridgehead atoms. The third kappa shape index (κ3) is 6.27. The zero-order valence-corrected chi connectivity index (χ0v) is 18.6. The second kappa shape index (κ2) is 10.4. The van der Waals surface area contributed by atoms with Gasteiger partial charge >= 0.3 is 0 Å². The van der Waals surface area contributed by atoms with Crippen LogP contribution in [0.4, 0.5) is 0 Å². The first kappa shape index (κ1) is 22.7. The van der Waals surface area contributed by atoms with Gasteiger partial charge in [0.05, 0.1) is 25.0 Å². The fourth-order valence-electron chi connectivity index (χ4n) is 4.13. The van der Waals surface area contributed by atoms with Crippen LogP contribution in [0, 0.1) is 0 Å². The number of aromatic nitrogens is 1. The summed E-state index contributed by atoms with van der Waals surface area (Å²) in [6.07, 6.45) is 7.70. The van der Waals surface area contributed by atoms with E-state index in [2.05, 4.69) is 29.0 Å². The predicted molar refractivity (Wildman–Crippen MR) is 119 cm³/mol. The number of nitrogens with zero attached hydrogens (tertiary/aromatic N) is 1. The first-order valence-corrected chi connectivity index (χ1v) is 12.6. The largest absolute Gasteiger partial charge is 0.376 e. The molecular formula is C23H32N2O4S. The Hall–Kier alpha value is -1.96. The molecule has 1 saturated carbocycles. The Morgan fingerprint density at radius 3 is 2.43 bits per heavy atom. The van der Waals surface area contributed by atoms with E-state index in [1.807, 2.05) is 25.1 Å². The van der Waals surface area contributed by atoms with E-state index >= 15 is 0 Å². The van der Waals surface area contributed by atoms with Crippen LogP contribution in [0.25, 0.3) is 0 Å². The van der Waals surface area contributed by atoms with Crippen LogP contribution in [0.5, 0.6) is 0 Å². The monoisotopic (exact) mass is 432 g/mol. The maximum atomic E-state index is 12.7. The minimum atomic E-state index is -3.36. The summed E-state index contributed by atoms with van der Waals surface area (Å²) in [5.41, 5.74) is 2.01. The maximum absolute atomic E-state index is 12.7. The molecule has 1 aromatic heterocycles. The van der Waals surface area contributed by atoms with Gasteiger partial charge in [-0.3, -0.25) is 4.79 Å². The molecule has 1 aromatic carbocycles. The van der Waals surface area contributed by atoms with Crippen molar-refractivity contribution < 1.29 is 13.2 Å². The molecule has 0 radical (unpaired) electrons. The molecule has 164 valence electrons. The maximum Gasteiger partial charge on any atom is 0.254 e. The van der Waals surface area contributed by atoms with Crippen LogP contribution in [0.2, 0.25) is 0 Å². The Bertz CT molecular complexity index is 964. The Kier molecular flexibility index (Phi) is 7.86. The molecular weight excluding hydrogens is 400 g/mol. The van der Waals surface area contributed by atoms with Gasteiger partial charge in [0.1, 0.15) is 0 Å². The summed E-state index contributed by atoms with van der Waals surface area (Å²) in [5.74, 6) is 0.567. The fraction of sp³-hybridized carbons (Fsp3) is 0.522. The van der Waals surface area contributed by atoms with Crippen LogP contribution >= 0.6 is 0 Å². The fourth-order valence-corrected chi connectivity index (χ4v) is 4.63. The smallest absolute Gasteiger partial charge is 0.254 e. The molecule has 0 unspecified atom stereocenters. The highest BCUT2D eigenvalue weighted by atomic mass is 32.2. The number of sulfonamides is 1. The van der Waals surface area contributed by atoms with Crippen LogP contribution in [0.15, 0.2) is 53.5 Å². The topological polar surface area (TPSA) is 77.4 Å². The summed E-state index contributed by atoms with van der Waals surface area (Å²) in [6.45, 7) is 2.37. The minimum Gasteiger partial charge on any atom is -0.376 e. The molecule has 7 heteroatoms. The van der Waals surface area contributed by atoms with Crippen molar-refractivity contribution in [2.45, 2.75) is 57.1 Å². The molecule has 1 aliphatic rings. The lowest BCUT2D eigenvalue weighted by Crippen LogP contribution is -2.38. The van der Waals surface area contributed by atoms with Crippen LogP contribution in [-0.4, -0.2) is 38.5 Å². The Morgan fingerprint density at radius 1 is 1.10 bits per heavy atom. The van der Waals surface area contributed by atoms with Crippen LogP contribution < -0.4 is 10.3 Å². The van der Waals surface area contributed by atoms with Crippen molar-refractivity contribution in [3.05, 3.63) is 70.1 Å². The lowest BCUT2D eigenvalue weighted by atomic mass is 9.83. The average molecular weight is 433 g/mol. The van der Waals surface area contributed by atoms with Gasteiger partial charge in [0, 0.05) is 18.3 Å². The molecule has 0 aliphatic heterocycles. The number of nitrogens with one attached hydrogen (secondary N) is 1. The van der Waals surface area contributed by atoms with Crippen molar-refractivity contribution in [2.75, 3.05) is 19.4 Å². The summed E-state index contributed by atoms with van der Waals surface area (Å²) >= 11 is 0. The van der Waals surface area contributed by atoms with E-state index in [0.717, 1.165) is 31.9 Å². The van der Waals surface area contributed by atoms with E-state index in [0.29, 0.717) is 24.5 Å². The molecule has 0 amide bonds. The average Bonchev–Trinajstić information content (AvgIpc) is 2.75. The summed E-state index contributed by atoms with van der Waals surface area (Å²) in [6, 6.07) is 13.8. The molecule has 0 saturated heterocycles. The quantitative estimate of drug-likeness (QED) is 0.660. The van der Waals surface area contributed by atoms with Crippen molar-refractivity contribution in [1.82, 2.24) is 9.29 Å². The van der Waals surface area contributed by atoms with E-state index in [1.54, 1.807) is 10.8 Å². The van der Waals surface area contributed by atoms with Crippen LogP contribution in [-0.2, 0) is 21.2 Å². The Morgan fingerprint density at radius 2 is 1.80 bits per heavy atom. The Labute approximate surface area is 179 Å². The highest BCUT2D eigenvalue weighted by molar-refractivity contribution is 7.88. The molecule has 1 heterocycles. The molecule has 30 heavy (non-hydrogen) atoms. The van der Waals surface area contributed by atoms with E-state index in [-0.39, 0.29) is 24.2 Å². The first-order chi connectivity index (χ1) is 14.4. The number of hydrogen-bond acceptors (Lipinski definition) is 4. The zero-order valence-electron chi connectivity index (χ0n) is 17.8. The summed E-state index contributed by atoms with van der Waals surface area (Å²) in [4.78, 5) is 12.7. The van der Waals surface area contributed by atoms with Gasteiger partial charge in [-0.1, -0.05) is 43.3 Å². The molecule has 2 aromatic rings. The van der Waals surface area contributed by atoms with Gasteiger partial charge in [0.15, 0.2) is 0 Å². The molecule has 1 fully saturated rings. The predicted octanol–water partition coefficient (Wildman–Crippen LogP) is 3.24. The van der Waals surface area contributed by atoms with Crippen molar-refractivity contribution in [2.24, 2.45) is 0 Å². The molecule has 6 nitrogen and oxygen atoms in total. The number of ether oxygens (including phenoxy) is 1. The Balaban J connectivity index is 1.63. The second-order valence-corrected chi connectivity index (χ2v) is 9.92. The first-order valence-electron chi connectivity index (χ1n) is 10.7. The third-order valence-electron chi connectivity index (χ3n) is 5.88. The number of hydrogen-bond donors (Lipinski definition) is 1. The SMILES string of the molecule is CCc1cccn([C@@H](CNS(C)(=O)=O)COC2CCC(c3ccccc3)CC2)c1=O. The van der Waals surface area contributed by atoms with E-state index in [4.69, 9.17) is 4.74 Å². The summed E-state index contributed by atoms with van der Waals surface area (Å²) < 4.78 is 33.5. The number of rotatable bonds is 9. The molecule has 1 N–H and O–H groups in total. The molecule has 0 spiro atoms. The van der Waals surface area contributed by atoms with E-state index in [9.17, 15) is 13.2 Å². The highest BCUT2D eigenvalue weighted by Gasteiger charge is 2.24. The van der Waals surface area contributed by atoms with Gasteiger partial charge in [0.25, 0.3) is 5.56 Å². The molecule has 1 aliphatic carbocycles. The summed E-state index contributed by atoms with van der Waals surface area (Å²) in [7, 11) is -3.36. The van der Waals surface area contributed by atoms with Gasteiger partial charge in [-0.25, -0.2) is 13.1 Å². The van der Waals surface area contributed by atoms with Gasteiger partial charge in [-0.2, -0.15) is 0 Å². The normalized spacial score (nSPS) is 20.7. The van der Waals surface area contributed by atoms with Crippen molar-refractivity contribution in [3.8, 4) is 0 Å². The minimum absolute atomic E-state index is 0.0864. The number of benzene rings is 1. The van der Waals surface area contributed by atoms with Gasteiger partial charge in [0.2, 0.25) is 10.0 Å². The number of aryl methyl sites for hydroxylation is 1. The van der Waals surface area contributed by atoms with Crippen molar-refractivity contribution >= 4 is 10.0 Å². The summed E-state index contributed by atoms with van der Waals surface area (Å²) in [5, 5.41) is 0. The van der Waals surface area contributed by atoms with Crippen LogP contribution in [0.1, 0.15) is 55.7 Å². The lowest BCUT2D eigenvalue weighted by Gasteiger charge is -2.30. The molecule has 1 atom stereocenters. The second-order valence-electron chi connectivity index (χ2n) is 8.09.